The third-order valence-corrected chi connectivity index (χ3v) is 5.10. The van der Waals surface area contributed by atoms with E-state index in [1.54, 1.807) is 12.1 Å². The maximum Gasteiger partial charge on any atom is 0.243 e. The second-order valence-electron chi connectivity index (χ2n) is 7.93. The Labute approximate surface area is 198 Å². The lowest BCUT2D eigenvalue weighted by molar-refractivity contribution is -0.130. The Bertz CT molecular complexity index is 961. The molecule has 0 heterocycles. The maximum absolute atomic E-state index is 12.9. The molecule has 0 saturated carbocycles. The van der Waals surface area contributed by atoms with Gasteiger partial charge in [-0.3, -0.25) is 14.6 Å². The van der Waals surface area contributed by atoms with Gasteiger partial charge < -0.3 is 37.7 Å². The molecule has 0 aliphatic rings. The van der Waals surface area contributed by atoms with Gasteiger partial charge in [-0.05, 0) is 48.9 Å². The van der Waals surface area contributed by atoms with Crippen LogP contribution in [0.2, 0.25) is 0 Å². The zero-order valence-corrected chi connectivity index (χ0v) is 18.9. The van der Waals surface area contributed by atoms with Gasteiger partial charge in [0.15, 0.2) is 5.96 Å². The number of amides is 2. The lowest BCUT2D eigenvalue weighted by Gasteiger charge is -2.22. The third kappa shape index (κ3) is 9.29. The predicted octanol–water partition coefficient (Wildman–Crippen LogP) is -0.273. The summed E-state index contributed by atoms with van der Waals surface area (Å²) in [5.74, 6) is -0.965. The first kappa shape index (κ1) is 26.3. The fraction of sp³-hybridized carbons (Fsp3) is 0.333. The Morgan fingerprint density at radius 2 is 1.59 bits per heavy atom. The van der Waals surface area contributed by atoms with Gasteiger partial charge in [0, 0.05) is 6.54 Å². The highest BCUT2D eigenvalue weighted by molar-refractivity contribution is 5.91. The number of nitrogens with one attached hydrogen (secondary N) is 2. The van der Waals surface area contributed by atoms with Crippen LogP contribution in [0.1, 0.15) is 24.0 Å². The summed E-state index contributed by atoms with van der Waals surface area (Å²) in [7, 11) is 0. The molecule has 0 aliphatic carbocycles. The monoisotopic (exact) mass is 468 g/mol. The number of benzene rings is 2. The SMILES string of the molecule is NC(N)=NCCC[C@@H](NC(=O)[C@@H](N)Cc1ccc(O)cc1)C(=O)NC(C=O)Cc1ccccc1. The molecule has 0 aromatic heterocycles. The number of rotatable bonds is 13. The number of nitrogens with zero attached hydrogens (tertiary/aromatic N) is 1. The van der Waals surface area contributed by atoms with Crippen molar-refractivity contribution in [1.82, 2.24) is 10.6 Å². The molecular formula is C24H32N6O4. The summed E-state index contributed by atoms with van der Waals surface area (Å²) >= 11 is 0. The number of phenols is 1. The number of hydrogen-bond acceptors (Lipinski definition) is 6. The summed E-state index contributed by atoms with van der Waals surface area (Å²) in [6.07, 6.45) is 1.88. The highest BCUT2D eigenvalue weighted by Gasteiger charge is 2.25. The van der Waals surface area contributed by atoms with Crippen molar-refractivity contribution in [3.63, 3.8) is 0 Å². The fourth-order valence-corrected chi connectivity index (χ4v) is 3.31. The molecule has 0 spiro atoms. The van der Waals surface area contributed by atoms with Crippen LogP contribution in [0.25, 0.3) is 0 Å². The normalized spacial score (nSPS) is 13.2. The van der Waals surface area contributed by atoms with E-state index in [-0.39, 0.29) is 31.1 Å². The van der Waals surface area contributed by atoms with E-state index in [9.17, 15) is 19.5 Å². The molecule has 0 bridgehead atoms. The van der Waals surface area contributed by atoms with Gasteiger partial charge in [0.2, 0.25) is 11.8 Å². The minimum absolute atomic E-state index is 0.0650. The van der Waals surface area contributed by atoms with Crippen molar-refractivity contribution in [2.24, 2.45) is 22.2 Å². The van der Waals surface area contributed by atoms with Crippen molar-refractivity contribution in [3.05, 3.63) is 65.7 Å². The molecule has 2 aromatic carbocycles. The zero-order valence-electron chi connectivity index (χ0n) is 18.9. The molecule has 0 aliphatic heterocycles. The average molecular weight is 469 g/mol. The molecule has 10 nitrogen and oxygen atoms in total. The minimum Gasteiger partial charge on any atom is -0.508 e. The number of aliphatic imine (C=N–C) groups is 1. The van der Waals surface area contributed by atoms with Gasteiger partial charge in [-0.25, -0.2) is 0 Å². The molecule has 182 valence electrons. The average Bonchev–Trinajstić information content (AvgIpc) is 2.82. The molecule has 3 atom stereocenters. The van der Waals surface area contributed by atoms with Crippen LogP contribution in [0.5, 0.6) is 5.75 Å². The first-order valence-corrected chi connectivity index (χ1v) is 11.0. The van der Waals surface area contributed by atoms with E-state index in [0.29, 0.717) is 19.1 Å². The van der Waals surface area contributed by atoms with Crippen LogP contribution < -0.4 is 27.8 Å². The largest absolute Gasteiger partial charge is 0.508 e. The Hall–Kier alpha value is -3.92. The number of nitrogens with two attached hydrogens (primary N) is 3. The van der Waals surface area contributed by atoms with E-state index in [1.165, 1.54) is 12.1 Å². The van der Waals surface area contributed by atoms with Crippen LogP contribution in [-0.2, 0) is 27.2 Å². The molecule has 34 heavy (non-hydrogen) atoms. The number of aromatic hydroxyl groups is 1. The van der Waals surface area contributed by atoms with Crippen LogP contribution in [-0.4, -0.2) is 53.8 Å². The fourth-order valence-electron chi connectivity index (χ4n) is 3.31. The molecule has 2 aromatic rings. The summed E-state index contributed by atoms with van der Waals surface area (Å²) in [6, 6.07) is 13.0. The van der Waals surface area contributed by atoms with Crippen LogP contribution in [0.4, 0.5) is 0 Å². The molecule has 0 radical (unpaired) electrons. The second kappa shape index (κ2) is 13.6. The summed E-state index contributed by atoms with van der Waals surface area (Å²) in [4.78, 5) is 41.1. The molecular weight excluding hydrogens is 436 g/mol. The highest BCUT2D eigenvalue weighted by Crippen LogP contribution is 2.11. The number of carbonyl (C=O) groups is 3. The first-order valence-electron chi connectivity index (χ1n) is 11.0. The zero-order chi connectivity index (χ0) is 24.9. The molecule has 2 amide bonds. The number of aldehydes is 1. The van der Waals surface area contributed by atoms with Crippen molar-refractivity contribution in [3.8, 4) is 5.75 Å². The Morgan fingerprint density at radius 3 is 2.21 bits per heavy atom. The lowest BCUT2D eigenvalue weighted by Crippen LogP contribution is -2.54. The van der Waals surface area contributed by atoms with Crippen molar-refractivity contribution in [2.75, 3.05) is 6.54 Å². The smallest absolute Gasteiger partial charge is 0.243 e. The topological polar surface area (TPSA) is 186 Å². The molecule has 0 saturated heterocycles. The minimum atomic E-state index is -0.925. The van der Waals surface area contributed by atoms with E-state index in [0.717, 1.165) is 11.1 Å². The van der Waals surface area contributed by atoms with E-state index in [1.807, 2.05) is 30.3 Å². The van der Waals surface area contributed by atoms with Gasteiger partial charge in [-0.1, -0.05) is 42.5 Å². The Kier molecular flexibility index (Phi) is 10.5. The van der Waals surface area contributed by atoms with Crippen LogP contribution in [0.3, 0.4) is 0 Å². The molecule has 2 rings (SSSR count). The van der Waals surface area contributed by atoms with E-state index >= 15 is 0 Å². The molecule has 1 unspecified atom stereocenters. The second-order valence-corrected chi connectivity index (χ2v) is 7.93. The van der Waals surface area contributed by atoms with Gasteiger partial charge in [-0.2, -0.15) is 0 Å². The number of phenolic OH excluding ortho intramolecular Hbond substituents is 1. The number of hydrogen-bond donors (Lipinski definition) is 6. The molecule has 10 heteroatoms. The lowest BCUT2D eigenvalue weighted by atomic mass is 10.0. The van der Waals surface area contributed by atoms with Crippen molar-refractivity contribution >= 4 is 24.1 Å². The Balaban J connectivity index is 2.03. The van der Waals surface area contributed by atoms with Crippen LogP contribution in [0, 0.1) is 0 Å². The number of guanidine groups is 1. The predicted molar refractivity (Wildman–Crippen MR) is 130 cm³/mol. The van der Waals surface area contributed by atoms with E-state index in [4.69, 9.17) is 17.2 Å². The van der Waals surface area contributed by atoms with Crippen molar-refractivity contribution in [1.29, 1.82) is 0 Å². The van der Waals surface area contributed by atoms with Crippen molar-refractivity contribution < 1.29 is 19.5 Å². The van der Waals surface area contributed by atoms with Gasteiger partial charge in [0.25, 0.3) is 0 Å². The third-order valence-electron chi connectivity index (χ3n) is 5.10. The maximum atomic E-state index is 12.9. The summed E-state index contributed by atoms with van der Waals surface area (Å²) in [5, 5.41) is 14.8. The number of carbonyl (C=O) groups excluding carboxylic acids is 3. The highest BCUT2D eigenvalue weighted by atomic mass is 16.3. The van der Waals surface area contributed by atoms with Gasteiger partial charge in [0.1, 0.15) is 18.1 Å². The quantitative estimate of drug-likeness (QED) is 0.101. The summed E-state index contributed by atoms with van der Waals surface area (Å²) in [5.41, 5.74) is 18.4. The van der Waals surface area contributed by atoms with Gasteiger partial charge in [0.05, 0.1) is 12.1 Å². The Morgan fingerprint density at radius 1 is 0.941 bits per heavy atom. The summed E-state index contributed by atoms with van der Waals surface area (Å²) < 4.78 is 0. The summed E-state index contributed by atoms with van der Waals surface area (Å²) in [6.45, 7) is 0.280. The van der Waals surface area contributed by atoms with Crippen LogP contribution in [0.15, 0.2) is 59.6 Å². The van der Waals surface area contributed by atoms with Crippen molar-refractivity contribution in [2.45, 2.75) is 43.8 Å². The van der Waals surface area contributed by atoms with Gasteiger partial charge in [-0.15, -0.1) is 0 Å². The first-order chi connectivity index (χ1) is 16.3. The van der Waals surface area contributed by atoms with Crippen LogP contribution >= 0.6 is 0 Å². The molecule has 0 fully saturated rings. The standard InChI is InChI=1S/C24H32N6O4/c25-20(14-17-8-10-19(32)11-9-17)22(33)30-21(7-4-12-28-24(26)27)23(34)29-18(15-31)13-16-5-2-1-3-6-16/h1-3,5-6,8-11,15,18,20-21,32H,4,7,12-14,25H2,(H,29,34)(H,30,33)(H4,26,27,28)/t18?,20-,21+/m0/s1. The molecule has 9 N–H and O–H groups in total. The van der Waals surface area contributed by atoms with E-state index in [2.05, 4.69) is 15.6 Å². The van der Waals surface area contributed by atoms with Gasteiger partial charge >= 0.3 is 0 Å². The van der Waals surface area contributed by atoms with E-state index < -0.39 is 29.9 Å².